The van der Waals surface area contributed by atoms with Crippen molar-refractivity contribution in [2.75, 3.05) is 6.54 Å². The molecule has 1 heterocycles. The third-order valence-corrected chi connectivity index (χ3v) is 2.95. The van der Waals surface area contributed by atoms with Gasteiger partial charge >= 0.3 is 0 Å². The molecule has 0 saturated carbocycles. The first-order chi connectivity index (χ1) is 8.65. The van der Waals surface area contributed by atoms with Gasteiger partial charge in [-0.15, -0.1) is 0 Å². The normalized spacial score (nSPS) is 11.1. The lowest BCUT2D eigenvalue weighted by Crippen LogP contribution is -2.26. The van der Waals surface area contributed by atoms with Crippen LogP contribution in [0.2, 0.25) is 0 Å². The van der Waals surface area contributed by atoms with E-state index in [1.165, 1.54) is 10.9 Å². The second-order valence-electron chi connectivity index (χ2n) is 5.10. The Morgan fingerprint density at radius 3 is 2.94 bits per heavy atom. The van der Waals surface area contributed by atoms with E-state index in [1.54, 1.807) is 0 Å². The van der Waals surface area contributed by atoms with Crippen molar-refractivity contribution < 1.29 is 4.79 Å². The van der Waals surface area contributed by atoms with E-state index in [-0.39, 0.29) is 5.91 Å². The Morgan fingerprint density at radius 1 is 1.33 bits per heavy atom. The van der Waals surface area contributed by atoms with Crippen LogP contribution in [0.5, 0.6) is 0 Å². The van der Waals surface area contributed by atoms with E-state index in [1.807, 2.05) is 6.20 Å². The summed E-state index contributed by atoms with van der Waals surface area (Å²) in [6, 6.07) is 8.43. The number of H-pyrrole nitrogens is 1. The van der Waals surface area contributed by atoms with Crippen molar-refractivity contribution in [3.63, 3.8) is 0 Å². The maximum absolute atomic E-state index is 11.5. The van der Waals surface area contributed by atoms with Crippen molar-refractivity contribution in [2.24, 2.45) is 5.92 Å². The molecular formula is C15H20N2O. The predicted octanol–water partition coefficient (Wildman–Crippen LogP) is 2.87. The van der Waals surface area contributed by atoms with Crippen molar-refractivity contribution >= 4 is 16.8 Å². The number of carbonyl (C=O) groups excluding carboxylic acids is 1. The molecule has 0 aliphatic rings. The van der Waals surface area contributed by atoms with Gasteiger partial charge in [-0.25, -0.2) is 0 Å². The minimum Gasteiger partial charge on any atom is -0.361 e. The van der Waals surface area contributed by atoms with Gasteiger partial charge in [0.15, 0.2) is 0 Å². The molecule has 3 nitrogen and oxygen atoms in total. The van der Waals surface area contributed by atoms with E-state index >= 15 is 0 Å². The largest absolute Gasteiger partial charge is 0.361 e. The molecule has 2 rings (SSSR count). The van der Waals surface area contributed by atoms with Crippen LogP contribution in [0.25, 0.3) is 10.9 Å². The molecule has 0 atom stereocenters. The van der Waals surface area contributed by atoms with Gasteiger partial charge in [0.05, 0.1) is 0 Å². The topological polar surface area (TPSA) is 44.9 Å². The maximum atomic E-state index is 11.5. The van der Waals surface area contributed by atoms with Crippen LogP contribution in [-0.2, 0) is 11.2 Å². The summed E-state index contributed by atoms with van der Waals surface area (Å²) in [7, 11) is 0. The highest BCUT2D eigenvalue weighted by Gasteiger charge is 2.04. The first-order valence-corrected chi connectivity index (χ1v) is 6.48. The van der Waals surface area contributed by atoms with Crippen molar-refractivity contribution in [1.29, 1.82) is 0 Å². The van der Waals surface area contributed by atoms with E-state index < -0.39 is 0 Å². The van der Waals surface area contributed by atoms with Crippen LogP contribution in [0, 0.1) is 5.92 Å². The molecule has 3 heteroatoms. The maximum Gasteiger partial charge on any atom is 0.220 e. The first kappa shape index (κ1) is 12.7. The summed E-state index contributed by atoms with van der Waals surface area (Å²) in [6.45, 7) is 4.81. The zero-order chi connectivity index (χ0) is 13.0. The summed E-state index contributed by atoms with van der Waals surface area (Å²) in [5.74, 6) is 0.561. The Bertz CT molecular complexity index is 528. The van der Waals surface area contributed by atoms with Crippen LogP contribution >= 0.6 is 0 Å². The Labute approximate surface area is 108 Å². The van der Waals surface area contributed by atoms with Crippen molar-refractivity contribution in [3.05, 3.63) is 36.0 Å². The number of aromatic nitrogens is 1. The van der Waals surface area contributed by atoms with Crippen molar-refractivity contribution in [3.8, 4) is 0 Å². The number of carbonyl (C=O) groups is 1. The predicted molar refractivity (Wildman–Crippen MR) is 74.5 cm³/mol. The van der Waals surface area contributed by atoms with Gasteiger partial charge in [0.1, 0.15) is 0 Å². The quantitative estimate of drug-likeness (QED) is 0.834. The van der Waals surface area contributed by atoms with E-state index in [2.05, 4.69) is 48.4 Å². The summed E-state index contributed by atoms with van der Waals surface area (Å²) in [5.41, 5.74) is 2.40. The van der Waals surface area contributed by atoms with E-state index in [4.69, 9.17) is 0 Å². The average Bonchev–Trinajstić information content (AvgIpc) is 2.75. The van der Waals surface area contributed by atoms with Crippen molar-refractivity contribution in [2.45, 2.75) is 26.7 Å². The van der Waals surface area contributed by atoms with Crippen LogP contribution in [0.3, 0.4) is 0 Å². The van der Waals surface area contributed by atoms with Crippen molar-refractivity contribution in [1.82, 2.24) is 10.3 Å². The summed E-state index contributed by atoms with van der Waals surface area (Å²) in [6.07, 6.45) is 3.42. The molecule has 0 spiro atoms. The number of aromatic amines is 1. The Hall–Kier alpha value is -1.77. The molecule has 96 valence electrons. The molecule has 0 unspecified atom stereocenters. The summed E-state index contributed by atoms with van der Waals surface area (Å²) in [5, 5.41) is 4.18. The number of benzene rings is 1. The van der Waals surface area contributed by atoms with E-state index in [0.717, 1.165) is 11.9 Å². The van der Waals surface area contributed by atoms with E-state index in [0.29, 0.717) is 18.9 Å². The highest BCUT2D eigenvalue weighted by molar-refractivity contribution is 5.80. The highest BCUT2D eigenvalue weighted by Crippen LogP contribution is 2.14. The fourth-order valence-corrected chi connectivity index (χ4v) is 2.04. The lowest BCUT2D eigenvalue weighted by molar-refractivity contribution is -0.121. The minimum absolute atomic E-state index is 0.144. The van der Waals surface area contributed by atoms with Gasteiger partial charge in [0.25, 0.3) is 0 Å². The number of rotatable bonds is 5. The summed E-state index contributed by atoms with van der Waals surface area (Å²) < 4.78 is 0. The molecule has 2 N–H and O–H groups in total. The van der Waals surface area contributed by atoms with Crippen LogP contribution in [0.15, 0.2) is 30.5 Å². The van der Waals surface area contributed by atoms with Gasteiger partial charge in [-0.2, -0.15) is 0 Å². The second kappa shape index (κ2) is 5.71. The number of hydrogen-bond acceptors (Lipinski definition) is 1. The summed E-state index contributed by atoms with van der Waals surface area (Å²) in [4.78, 5) is 14.7. The third kappa shape index (κ3) is 3.36. The monoisotopic (exact) mass is 244 g/mol. The van der Waals surface area contributed by atoms with Gasteiger partial charge in [-0.05, 0) is 35.4 Å². The Morgan fingerprint density at radius 2 is 2.17 bits per heavy atom. The van der Waals surface area contributed by atoms with Crippen LogP contribution in [-0.4, -0.2) is 17.4 Å². The minimum atomic E-state index is 0.144. The molecule has 1 amide bonds. The van der Waals surface area contributed by atoms with Gasteiger partial charge < -0.3 is 10.3 Å². The van der Waals surface area contributed by atoms with Crippen LogP contribution in [0.1, 0.15) is 25.8 Å². The molecular weight excluding hydrogens is 224 g/mol. The molecule has 18 heavy (non-hydrogen) atoms. The van der Waals surface area contributed by atoms with Crippen LogP contribution < -0.4 is 5.32 Å². The fraction of sp³-hybridized carbons (Fsp3) is 0.400. The van der Waals surface area contributed by atoms with Crippen LogP contribution in [0.4, 0.5) is 0 Å². The molecule has 1 aromatic carbocycles. The molecule has 0 saturated heterocycles. The van der Waals surface area contributed by atoms with Gasteiger partial charge in [0, 0.05) is 24.7 Å². The number of hydrogen-bond donors (Lipinski definition) is 2. The average molecular weight is 244 g/mol. The highest BCUT2D eigenvalue weighted by atomic mass is 16.1. The molecule has 2 aromatic rings. The molecule has 1 aromatic heterocycles. The Balaban J connectivity index is 1.84. The zero-order valence-corrected chi connectivity index (χ0v) is 11.0. The number of fused-ring (bicyclic) bond motifs is 1. The van der Waals surface area contributed by atoms with Gasteiger partial charge in [0.2, 0.25) is 5.91 Å². The molecule has 0 bridgehead atoms. The lowest BCUT2D eigenvalue weighted by atomic mass is 10.1. The van der Waals surface area contributed by atoms with E-state index in [9.17, 15) is 4.79 Å². The SMILES string of the molecule is CC(C)CC(=O)NCCc1ccc2cc[nH]c2c1. The smallest absolute Gasteiger partial charge is 0.220 e. The number of nitrogens with one attached hydrogen (secondary N) is 2. The Kier molecular flexibility index (Phi) is 4.03. The lowest BCUT2D eigenvalue weighted by Gasteiger charge is -2.07. The standard InChI is InChI=1S/C15H20N2O/c1-11(2)9-15(18)17-7-5-12-3-4-13-6-8-16-14(13)10-12/h3-4,6,8,10-11,16H,5,7,9H2,1-2H3,(H,17,18). The molecule has 0 aliphatic heterocycles. The number of amides is 1. The molecule has 0 aliphatic carbocycles. The third-order valence-electron chi connectivity index (χ3n) is 2.95. The van der Waals surface area contributed by atoms with Gasteiger partial charge in [-0.1, -0.05) is 26.0 Å². The molecule has 0 fully saturated rings. The molecule has 0 radical (unpaired) electrons. The first-order valence-electron chi connectivity index (χ1n) is 6.48. The zero-order valence-electron chi connectivity index (χ0n) is 11.0. The summed E-state index contributed by atoms with van der Waals surface area (Å²) >= 11 is 0. The second-order valence-corrected chi connectivity index (χ2v) is 5.10. The fourth-order valence-electron chi connectivity index (χ4n) is 2.04. The van der Waals surface area contributed by atoms with Gasteiger partial charge in [-0.3, -0.25) is 4.79 Å².